The second-order valence-corrected chi connectivity index (χ2v) is 11.2. The Morgan fingerprint density at radius 3 is 2.62 bits per heavy atom. The minimum atomic E-state index is -1.08. The van der Waals surface area contributed by atoms with Crippen LogP contribution in [0.15, 0.2) is 60.0 Å². The van der Waals surface area contributed by atoms with Crippen molar-refractivity contribution in [2.75, 3.05) is 18.0 Å². The van der Waals surface area contributed by atoms with E-state index in [1.165, 1.54) is 15.8 Å². The highest BCUT2D eigenvalue weighted by Gasteiger charge is 2.27. The number of nitrogens with one attached hydrogen (secondary N) is 1. The third kappa shape index (κ3) is 6.42. The van der Waals surface area contributed by atoms with Crippen molar-refractivity contribution in [2.45, 2.75) is 52.2 Å². The average Bonchev–Trinajstić information content (AvgIpc) is 3.44. The number of hydrogen-bond donors (Lipinski definition) is 2. The van der Waals surface area contributed by atoms with Crippen molar-refractivity contribution in [3.05, 3.63) is 82.8 Å². The van der Waals surface area contributed by atoms with Crippen LogP contribution in [-0.4, -0.2) is 46.1 Å². The summed E-state index contributed by atoms with van der Waals surface area (Å²) in [6.45, 7) is 5.66. The lowest BCUT2D eigenvalue weighted by atomic mass is 9.92. The van der Waals surface area contributed by atoms with Crippen molar-refractivity contribution < 1.29 is 19.4 Å². The number of carboxylic acids is 1. The Labute approximate surface area is 238 Å². The summed E-state index contributed by atoms with van der Waals surface area (Å²) in [5, 5.41) is 15.5. The van der Waals surface area contributed by atoms with E-state index >= 15 is 0 Å². The number of hydrogen-bond acceptors (Lipinski definition) is 7. The molecule has 3 heterocycles. The normalized spacial score (nSPS) is 14.7. The lowest BCUT2D eigenvalue weighted by Crippen LogP contribution is -2.41. The molecule has 0 aliphatic carbocycles. The lowest BCUT2D eigenvalue weighted by molar-refractivity contribution is -0.139. The number of piperidine rings is 1. The zero-order valence-corrected chi connectivity index (χ0v) is 23.6. The number of nitrogens with zero attached hydrogens (tertiary/aromatic N) is 3. The number of aryl methyl sites for hydroxylation is 1. The van der Waals surface area contributed by atoms with Gasteiger partial charge in [0.05, 0.1) is 5.69 Å². The van der Waals surface area contributed by atoms with Crippen molar-refractivity contribution in [1.82, 2.24) is 15.3 Å². The van der Waals surface area contributed by atoms with E-state index in [1.807, 2.05) is 30.3 Å². The highest BCUT2D eigenvalue weighted by molar-refractivity contribution is 7.17. The number of fused-ring (bicyclic) bond motifs is 1. The number of rotatable bonds is 10. The topological polar surface area (TPSA) is 105 Å². The molecule has 1 aliphatic rings. The van der Waals surface area contributed by atoms with Gasteiger partial charge in [-0.05, 0) is 72.7 Å². The van der Waals surface area contributed by atoms with E-state index in [0.29, 0.717) is 23.9 Å². The average molecular weight is 559 g/mol. The number of anilines is 1. The van der Waals surface area contributed by atoms with Gasteiger partial charge in [0.15, 0.2) is 11.4 Å². The van der Waals surface area contributed by atoms with E-state index in [0.717, 1.165) is 31.5 Å². The fourth-order valence-corrected chi connectivity index (χ4v) is 5.91. The molecule has 208 valence electrons. The van der Waals surface area contributed by atoms with Crippen LogP contribution in [-0.2, 0) is 17.8 Å². The summed E-state index contributed by atoms with van der Waals surface area (Å²) in [7, 11) is 0. The monoisotopic (exact) mass is 558 g/mol. The van der Waals surface area contributed by atoms with Crippen LogP contribution >= 0.6 is 11.3 Å². The molecule has 0 radical (unpaired) electrons. The van der Waals surface area contributed by atoms with Gasteiger partial charge in [-0.2, -0.15) is 0 Å². The standard InChI is InChI=1S/C31H34N4O4S/c1-3-25(31(37)38)33-30(36)28-29(39-19-22-7-5-4-6-8-22)20(2)32-27(34-28)17-21-11-14-35(15-12-21)24-9-10-26-23(18-24)13-16-40-26/h4-10,13,16,18,21,25H,3,11-12,14-15,17,19H2,1-2H3,(H,33,36)(H,37,38). The smallest absolute Gasteiger partial charge is 0.326 e. The Kier molecular flexibility index (Phi) is 8.60. The molecule has 2 aromatic heterocycles. The molecule has 5 rings (SSSR count). The van der Waals surface area contributed by atoms with E-state index in [-0.39, 0.29) is 24.5 Å². The molecule has 1 unspecified atom stereocenters. The zero-order chi connectivity index (χ0) is 28.1. The Balaban J connectivity index is 1.31. The van der Waals surface area contributed by atoms with E-state index in [2.05, 4.69) is 44.8 Å². The van der Waals surface area contributed by atoms with Gasteiger partial charge in [-0.3, -0.25) is 4.79 Å². The third-order valence-electron chi connectivity index (χ3n) is 7.42. The summed E-state index contributed by atoms with van der Waals surface area (Å²) < 4.78 is 7.35. The number of amides is 1. The minimum Gasteiger partial charge on any atom is -0.485 e. The molecular weight excluding hydrogens is 524 g/mol. The van der Waals surface area contributed by atoms with Crippen LogP contribution in [0.3, 0.4) is 0 Å². The molecule has 1 fully saturated rings. The van der Waals surface area contributed by atoms with Gasteiger partial charge in [-0.15, -0.1) is 11.3 Å². The molecule has 4 aromatic rings. The number of aliphatic carboxylic acids is 1. The molecular formula is C31H34N4O4S. The van der Waals surface area contributed by atoms with Gasteiger partial charge >= 0.3 is 5.97 Å². The fourth-order valence-electron chi connectivity index (χ4n) is 5.14. The first-order valence-electron chi connectivity index (χ1n) is 13.7. The Hall–Kier alpha value is -3.98. The SMILES string of the molecule is CCC(NC(=O)c1nc(CC2CCN(c3ccc4sccc4c3)CC2)nc(C)c1OCc1ccccc1)C(=O)O. The maximum Gasteiger partial charge on any atom is 0.326 e. The molecule has 0 saturated carbocycles. The van der Waals surface area contributed by atoms with E-state index in [9.17, 15) is 14.7 Å². The van der Waals surface area contributed by atoms with E-state index < -0.39 is 17.9 Å². The predicted molar refractivity (Wildman–Crippen MR) is 157 cm³/mol. The highest BCUT2D eigenvalue weighted by Crippen LogP contribution is 2.30. The third-order valence-corrected chi connectivity index (χ3v) is 8.32. The molecule has 9 heteroatoms. The Morgan fingerprint density at radius 1 is 1.12 bits per heavy atom. The van der Waals surface area contributed by atoms with Gasteiger partial charge in [0.2, 0.25) is 0 Å². The molecule has 1 saturated heterocycles. The lowest BCUT2D eigenvalue weighted by Gasteiger charge is -2.33. The summed E-state index contributed by atoms with van der Waals surface area (Å²) >= 11 is 1.76. The molecule has 8 nitrogen and oxygen atoms in total. The van der Waals surface area contributed by atoms with Crippen molar-refractivity contribution >= 4 is 39.0 Å². The summed E-state index contributed by atoms with van der Waals surface area (Å²) in [6, 6.07) is 17.4. The zero-order valence-electron chi connectivity index (χ0n) is 22.8. The summed E-state index contributed by atoms with van der Waals surface area (Å²) in [4.78, 5) is 36.6. The summed E-state index contributed by atoms with van der Waals surface area (Å²) in [5.41, 5.74) is 2.84. The second kappa shape index (κ2) is 12.5. The van der Waals surface area contributed by atoms with Crippen LogP contribution in [0.5, 0.6) is 5.75 Å². The van der Waals surface area contributed by atoms with Gasteiger partial charge < -0.3 is 20.1 Å². The van der Waals surface area contributed by atoms with Crippen LogP contribution in [0, 0.1) is 12.8 Å². The van der Waals surface area contributed by atoms with Crippen molar-refractivity contribution in [3.8, 4) is 5.75 Å². The maximum absolute atomic E-state index is 13.3. The van der Waals surface area contributed by atoms with Crippen LogP contribution in [0.2, 0.25) is 0 Å². The number of carbonyl (C=O) groups excluding carboxylic acids is 1. The number of benzene rings is 2. The van der Waals surface area contributed by atoms with Gasteiger partial charge in [-0.1, -0.05) is 37.3 Å². The van der Waals surface area contributed by atoms with Gasteiger partial charge in [0.25, 0.3) is 5.91 Å². The fraction of sp³-hybridized carbons (Fsp3) is 0.355. The minimum absolute atomic E-state index is 0.0830. The second-order valence-electron chi connectivity index (χ2n) is 10.2. The van der Waals surface area contributed by atoms with Crippen LogP contribution in [0.25, 0.3) is 10.1 Å². The molecule has 1 amide bonds. The van der Waals surface area contributed by atoms with Crippen LogP contribution in [0.4, 0.5) is 5.69 Å². The first-order chi connectivity index (χ1) is 19.4. The van der Waals surface area contributed by atoms with Gasteiger partial charge in [0.1, 0.15) is 18.5 Å². The quantitative estimate of drug-likeness (QED) is 0.260. The summed E-state index contributed by atoms with van der Waals surface area (Å²) in [5.74, 6) is -0.406. The Bertz CT molecular complexity index is 1480. The molecule has 2 aromatic carbocycles. The molecule has 40 heavy (non-hydrogen) atoms. The molecule has 1 atom stereocenters. The molecule has 2 N–H and O–H groups in total. The van der Waals surface area contributed by atoms with Crippen LogP contribution in [0.1, 0.15) is 53.8 Å². The first-order valence-corrected chi connectivity index (χ1v) is 14.6. The van der Waals surface area contributed by atoms with E-state index in [4.69, 9.17) is 9.72 Å². The Morgan fingerprint density at radius 2 is 1.90 bits per heavy atom. The predicted octanol–water partition coefficient (Wildman–Crippen LogP) is 5.63. The van der Waals surface area contributed by atoms with Crippen LogP contribution < -0.4 is 15.0 Å². The summed E-state index contributed by atoms with van der Waals surface area (Å²) in [6.07, 6.45) is 2.90. The molecule has 1 aliphatic heterocycles. The number of thiophene rings is 1. The van der Waals surface area contributed by atoms with Gasteiger partial charge in [0, 0.05) is 29.9 Å². The number of carbonyl (C=O) groups is 2. The number of ether oxygens (including phenoxy) is 1. The highest BCUT2D eigenvalue weighted by atomic mass is 32.1. The van der Waals surface area contributed by atoms with Crippen molar-refractivity contribution in [3.63, 3.8) is 0 Å². The van der Waals surface area contributed by atoms with Gasteiger partial charge in [-0.25, -0.2) is 14.8 Å². The van der Waals surface area contributed by atoms with Crippen molar-refractivity contribution in [2.24, 2.45) is 5.92 Å². The van der Waals surface area contributed by atoms with Crippen molar-refractivity contribution in [1.29, 1.82) is 0 Å². The largest absolute Gasteiger partial charge is 0.485 e. The molecule has 0 spiro atoms. The van der Waals surface area contributed by atoms with E-state index in [1.54, 1.807) is 25.2 Å². The number of aromatic nitrogens is 2. The molecule has 0 bridgehead atoms. The first kappa shape index (κ1) is 27.6. The maximum atomic E-state index is 13.3. The number of carboxylic acid groups (broad SMARTS) is 1.